The molecule has 0 aliphatic rings. The number of rotatable bonds is 8. The fourth-order valence-electron chi connectivity index (χ4n) is 2.07. The van der Waals surface area contributed by atoms with E-state index in [0.717, 1.165) is 12.1 Å². The van der Waals surface area contributed by atoms with Crippen LogP contribution in [-0.2, 0) is 6.54 Å². The molecule has 0 heterocycles. The highest BCUT2D eigenvalue weighted by atomic mass is 16.3. The van der Waals surface area contributed by atoms with Gasteiger partial charge in [0.2, 0.25) is 0 Å². The van der Waals surface area contributed by atoms with Crippen LogP contribution < -0.4 is 5.32 Å². The van der Waals surface area contributed by atoms with Crippen molar-refractivity contribution in [3.8, 4) is 11.5 Å². The monoisotopic (exact) mass is 251 g/mol. The second-order valence-electron chi connectivity index (χ2n) is 4.83. The Morgan fingerprint density at radius 3 is 2.67 bits per heavy atom. The molecule has 0 amide bonds. The number of hydrogen-bond acceptors (Lipinski definition) is 3. The van der Waals surface area contributed by atoms with E-state index in [1.54, 1.807) is 6.07 Å². The molecule has 3 heteroatoms. The highest BCUT2D eigenvalue weighted by Gasteiger charge is 2.08. The topological polar surface area (TPSA) is 52.5 Å². The maximum atomic E-state index is 9.67. The van der Waals surface area contributed by atoms with Crippen LogP contribution in [0.1, 0.15) is 45.1 Å². The Labute approximate surface area is 110 Å². The Hall–Kier alpha value is -1.22. The maximum absolute atomic E-state index is 9.67. The molecule has 1 aromatic carbocycles. The molecule has 0 aromatic heterocycles. The van der Waals surface area contributed by atoms with Gasteiger partial charge in [-0.1, -0.05) is 45.2 Å². The largest absolute Gasteiger partial charge is 0.504 e. The van der Waals surface area contributed by atoms with E-state index in [9.17, 15) is 10.2 Å². The summed E-state index contributed by atoms with van der Waals surface area (Å²) < 4.78 is 0. The van der Waals surface area contributed by atoms with Crippen LogP contribution in [-0.4, -0.2) is 16.8 Å². The summed E-state index contributed by atoms with van der Waals surface area (Å²) in [6, 6.07) is 5.07. The van der Waals surface area contributed by atoms with Gasteiger partial charge in [-0.3, -0.25) is 0 Å². The highest BCUT2D eigenvalue weighted by Crippen LogP contribution is 2.27. The first-order chi connectivity index (χ1) is 8.69. The summed E-state index contributed by atoms with van der Waals surface area (Å²) in [7, 11) is 0. The van der Waals surface area contributed by atoms with Crippen LogP contribution in [0, 0.1) is 5.92 Å². The van der Waals surface area contributed by atoms with Crippen molar-refractivity contribution in [2.45, 2.75) is 46.1 Å². The van der Waals surface area contributed by atoms with E-state index in [2.05, 4.69) is 19.2 Å². The number of benzene rings is 1. The van der Waals surface area contributed by atoms with Gasteiger partial charge >= 0.3 is 0 Å². The molecule has 1 rings (SSSR count). The molecular weight excluding hydrogens is 226 g/mol. The Kier molecular flexibility index (Phi) is 6.58. The summed E-state index contributed by atoms with van der Waals surface area (Å²) in [6.45, 7) is 5.99. The summed E-state index contributed by atoms with van der Waals surface area (Å²) in [5, 5.41) is 22.4. The lowest BCUT2D eigenvalue weighted by Crippen LogP contribution is -2.22. The summed E-state index contributed by atoms with van der Waals surface area (Å²) in [4.78, 5) is 0. The van der Waals surface area contributed by atoms with Crippen molar-refractivity contribution in [1.29, 1.82) is 0 Å². The summed E-state index contributed by atoms with van der Waals surface area (Å²) in [6.07, 6.45) is 4.95. The second-order valence-corrected chi connectivity index (χ2v) is 4.83. The van der Waals surface area contributed by atoms with Gasteiger partial charge in [0.15, 0.2) is 11.5 Å². The molecular formula is C15H25NO2. The molecule has 0 aliphatic heterocycles. The molecule has 18 heavy (non-hydrogen) atoms. The molecule has 1 atom stereocenters. The van der Waals surface area contributed by atoms with Gasteiger partial charge in [0, 0.05) is 12.1 Å². The lowest BCUT2D eigenvalue weighted by molar-refractivity contribution is 0.391. The molecule has 0 fully saturated rings. The molecule has 1 aromatic rings. The first kappa shape index (κ1) is 14.8. The molecule has 0 spiro atoms. The second kappa shape index (κ2) is 7.98. The molecule has 102 valence electrons. The van der Waals surface area contributed by atoms with Crippen LogP contribution in [0.25, 0.3) is 0 Å². The first-order valence-electron chi connectivity index (χ1n) is 6.89. The molecule has 0 radical (unpaired) electrons. The van der Waals surface area contributed by atoms with Gasteiger partial charge in [-0.25, -0.2) is 0 Å². The van der Waals surface area contributed by atoms with E-state index in [4.69, 9.17) is 0 Å². The quantitative estimate of drug-likeness (QED) is 0.621. The molecule has 0 saturated carbocycles. The van der Waals surface area contributed by atoms with Gasteiger partial charge in [0.1, 0.15) is 0 Å². The van der Waals surface area contributed by atoms with Crippen LogP contribution in [0.5, 0.6) is 11.5 Å². The first-order valence-corrected chi connectivity index (χ1v) is 6.89. The Balaban J connectivity index is 2.38. The summed E-state index contributed by atoms with van der Waals surface area (Å²) >= 11 is 0. The lowest BCUT2D eigenvalue weighted by Gasteiger charge is -2.15. The molecule has 0 aliphatic carbocycles. The third-order valence-electron chi connectivity index (χ3n) is 3.39. The Bertz CT molecular complexity index is 352. The van der Waals surface area contributed by atoms with Gasteiger partial charge < -0.3 is 15.5 Å². The molecule has 3 N–H and O–H groups in total. The van der Waals surface area contributed by atoms with Crippen molar-refractivity contribution in [3.63, 3.8) is 0 Å². The van der Waals surface area contributed by atoms with Gasteiger partial charge in [-0.2, -0.15) is 0 Å². The number of hydrogen-bond donors (Lipinski definition) is 3. The number of phenolic OH excluding ortho intramolecular Hbond substituents is 2. The SMILES string of the molecule is CCCCC(CC)CNCc1cccc(O)c1O. The van der Waals surface area contributed by atoms with E-state index < -0.39 is 0 Å². The zero-order chi connectivity index (χ0) is 13.4. The van der Waals surface area contributed by atoms with Crippen LogP contribution in [0.4, 0.5) is 0 Å². The van der Waals surface area contributed by atoms with Gasteiger partial charge in [0.05, 0.1) is 0 Å². The van der Waals surface area contributed by atoms with E-state index in [0.29, 0.717) is 12.5 Å². The normalized spacial score (nSPS) is 12.6. The van der Waals surface area contributed by atoms with Crippen molar-refractivity contribution >= 4 is 0 Å². The minimum Gasteiger partial charge on any atom is -0.504 e. The Morgan fingerprint density at radius 1 is 1.22 bits per heavy atom. The zero-order valence-electron chi connectivity index (χ0n) is 11.4. The minimum absolute atomic E-state index is 0.00777. The average Bonchev–Trinajstić information content (AvgIpc) is 2.38. The van der Waals surface area contributed by atoms with E-state index in [1.165, 1.54) is 31.7 Å². The molecule has 0 saturated heterocycles. The fourth-order valence-corrected chi connectivity index (χ4v) is 2.07. The highest BCUT2D eigenvalue weighted by molar-refractivity contribution is 5.44. The maximum Gasteiger partial charge on any atom is 0.161 e. The van der Waals surface area contributed by atoms with Crippen LogP contribution in [0.2, 0.25) is 0 Å². The average molecular weight is 251 g/mol. The van der Waals surface area contributed by atoms with Gasteiger partial charge in [-0.15, -0.1) is 0 Å². The molecule has 0 bridgehead atoms. The standard InChI is InChI=1S/C15H25NO2/c1-3-5-7-12(4-2)10-16-11-13-8-6-9-14(17)15(13)18/h6,8-9,12,16-18H,3-5,7,10-11H2,1-2H3. The number of aromatic hydroxyl groups is 2. The van der Waals surface area contributed by atoms with Gasteiger partial charge in [0.25, 0.3) is 0 Å². The summed E-state index contributed by atoms with van der Waals surface area (Å²) in [5.41, 5.74) is 0.750. The van der Waals surface area contributed by atoms with Crippen LogP contribution in [0.15, 0.2) is 18.2 Å². The third-order valence-corrected chi connectivity index (χ3v) is 3.39. The lowest BCUT2D eigenvalue weighted by atomic mass is 9.99. The third kappa shape index (κ3) is 4.57. The predicted octanol–water partition coefficient (Wildman–Crippen LogP) is 3.40. The van der Waals surface area contributed by atoms with E-state index in [-0.39, 0.29) is 11.5 Å². The van der Waals surface area contributed by atoms with Gasteiger partial charge in [-0.05, 0) is 24.9 Å². The van der Waals surface area contributed by atoms with Crippen molar-refractivity contribution in [2.75, 3.05) is 6.54 Å². The number of nitrogens with one attached hydrogen (secondary N) is 1. The van der Waals surface area contributed by atoms with Crippen molar-refractivity contribution < 1.29 is 10.2 Å². The van der Waals surface area contributed by atoms with Crippen molar-refractivity contribution in [3.05, 3.63) is 23.8 Å². The van der Waals surface area contributed by atoms with Crippen molar-refractivity contribution in [1.82, 2.24) is 5.32 Å². The minimum atomic E-state index is -0.0488. The van der Waals surface area contributed by atoms with Crippen molar-refractivity contribution in [2.24, 2.45) is 5.92 Å². The number of unbranched alkanes of at least 4 members (excludes halogenated alkanes) is 1. The van der Waals surface area contributed by atoms with Crippen LogP contribution in [0.3, 0.4) is 0 Å². The zero-order valence-corrected chi connectivity index (χ0v) is 11.4. The fraction of sp³-hybridized carbons (Fsp3) is 0.600. The molecule has 1 unspecified atom stereocenters. The van der Waals surface area contributed by atoms with E-state index in [1.807, 2.05) is 6.07 Å². The van der Waals surface area contributed by atoms with Crippen LogP contribution >= 0.6 is 0 Å². The number of phenols is 2. The summed E-state index contributed by atoms with van der Waals surface area (Å²) in [5.74, 6) is 0.642. The van der Waals surface area contributed by atoms with E-state index >= 15 is 0 Å². The Morgan fingerprint density at radius 2 is 2.00 bits per heavy atom. The smallest absolute Gasteiger partial charge is 0.161 e. The predicted molar refractivity (Wildman–Crippen MR) is 74.8 cm³/mol. The molecule has 3 nitrogen and oxygen atoms in total. The number of para-hydroxylation sites is 1.